The van der Waals surface area contributed by atoms with Crippen LogP contribution in [0.15, 0.2) is 29.2 Å². The number of hydrogen-bond donors (Lipinski definition) is 2. The van der Waals surface area contributed by atoms with Gasteiger partial charge in [0, 0.05) is 6.54 Å². The van der Waals surface area contributed by atoms with Crippen LogP contribution in [0.25, 0.3) is 0 Å². The van der Waals surface area contributed by atoms with E-state index < -0.39 is 40.5 Å². The van der Waals surface area contributed by atoms with Crippen molar-refractivity contribution in [3.8, 4) is 0 Å². The number of esters is 2. The molecule has 0 unspecified atom stereocenters. The van der Waals surface area contributed by atoms with Crippen molar-refractivity contribution in [2.45, 2.75) is 31.8 Å². The van der Waals surface area contributed by atoms with Crippen molar-refractivity contribution in [2.24, 2.45) is 0 Å². The molecule has 26 heavy (non-hydrogen) atoms. The molecule has 2 N–H and O–H groups in total. The lowest BCUT2D eigenvalue weighted by Crippen LogP contribution is -2.38. The Hall–Kier alpha value is -2.46. The van der Waals surface area contributed by atoms with E-state index in [0.29, 0.717) is 6.54 Å². The Labute approximate surface area is 152 Å². The zero-order valence-corrected chi connectivity index (χ0v) is 15.6. The molecule has 1 atom stereocenters. The van der Waals surface area contributed by atoms with Gasteiger partial charge in [-0.25, -0.2) is 13.2 Å². The van der Waals surface area contributed by atoms with Gasteiger partial charge in [0.05, 0.1) is 17.1 Å². The monoisotopic (exact) mass is 386 g/mol. The summed E-state index contributed by atoms with van der Waals surface area (Å²) >= 11 is 0. The van der Waals surface area contributed by atoms with E-state index in [4.69, 9.17) is 9.47 Å². The molecule has 0 spiro atoms. The van der Waals surface area contributed by atoms with Crippen LogP contribution in [0.1, 0.15) is 31.1 Å². The molecule has 0 heterocycles. The topological polar surface area (TPSA) is 128 Å². The lowest BCUT2D eigenvalue weighted by molar-refractivity contribution is -0.153. The van der Waals surface area contributed by atoms with Crippen molar-refractivity contribution in [3.63, 3.8) is 0 Å². The molecule has 0 aliphatic rings. The molecule has 0 aliphatic carbocycles. The van der Waals surface area contributed by atoms with E-state index in [1.54, 1.807) is 13.8 Å². The number of carbonyl (C=O) groups is 3. The number of sulfonamides is 1. The normalized spacial score (nSPS) is 12.1. The first kappa shape index (κ1) is 21.6. The highest BCUT2D eigenvalue weighted by atomic mass is 32.2. The molecule has 0 aromatic heterocycles. The molecule has 0 bridgehead atoms. The third kappa shape index (κ3) is 6.45. The van der Waals surface area contributed by atoms with Crippen LogP contribution in [0.4, 0.5) is 0 Å². The van der Waals surface area contributed by atoms with Crippen molar-refractivity contribution >= 4 is 27.9 Å². The lowest BCUT2D eigenvalue weighted by atomic mass is 10.2. The molecule has 10 heteroatoms. The number of nitrogens with one attached hydrogen (secondary N) is 2. The summed E-state index contributed by atoms with van der Waals surface area (Å²) in [7, 11) is -3.98. The minimum atomic E-state index is -3.98. The molecule has 0 radical (unpaired) electrons. The van der Waals surface area contributed by atoms with E-state index in [1.807, 2.05) is 0 Å². The molecule has 0 aliphatic heterocycles. The average molecular weight is 386 g/mol. The second-order valence-corrected chi connectivity index (χ2v) is 6.86. The standard InChI is InChI=1S/C16H22N2O7S/c1-4-17-15(20)11(3)25-14(19)10-18-26(22,23)13-8-6-12(7-9-13)16(21)24-5-2/h6-9,11,18H,4-5,10H2,1-3H3,(H,17,20)/t11-/m1/s1. The first-order chi connectivity index (χ1) is 12.2. The number of ether oxygens (including phenoxy) is 2. The summed E-state index contributed by atoms with van der Waals surface area (Å²) in [5, 5.41) is 2.48. The minimum Gasteiger partial charge on any atom is -0.462 e. The molecule has 0 saturated heterocycles. The minimum absolute atomic E-state index is 0.130. The Morgan fingerprint density at radius 2 is 1.73 bits per heavy atom. The van der Waals surface area contributed by atoms with Crippen LogP contribution in [0.2, 0.25) is 0 Å². The molecule has 9 nitrogen and oxygen atoms in total. The van der Waals surface area contributed by atoms with Gasteiger partial charge in [-0.05, 0) is 45.0 Å². The molecule has 1 rings (SSSR count). The Balaban J connectivity index is 2.64. The quantitative estimate of drug-likeness (QED) is 0.581. The highest BCUT2D eigenvalue weighted by Crippen LogP contribution is 2.11. The van der Waals surface area contributed by atoms with Crippen molar-refractivity contribution < 1.29 is 32.3 Å². The number of hydrogen-bond acceptors (Lipinski definition) is 7. The summed E-state index contributed by atoms with van der Waals surface area (Å²) < 4.78 is 36.0. The van der Waals surface area contributed by atoms with Gasteiger partial charge < -0.3 is 14.8 Å². The fourth-order valence-electron chi connectivity index (χ4n) is 1.83. The summed E-state index contributed by atoms with van der Waals surface area (Å²) in [6, 6.07) is 5.05. The van der Waals surface area contributed by atoms with Gasteiger partial charge >= 0.3 is 11.9 Å². The molecule has 0 saturated carbocycles. The number of rotatable bonds is 9. The van der Waals surface area contributed by atoms with Gasteiger partial charge in [-0.2, -0.15) is 4.72 Å². The Morgan fingerprint density at radius 3 is 2.27 bits per heavy atom. The second kappa shape index (κ2) is 9.88. The first-order valence-corrected chi connectivity index (χ1v) is 9.43. The number of benzene rings is 1. The van der Waals surface area contributed by atoms with E-state index in [2.05, 4.69) is 10.0 Å². The lowest BCUT2D eigenvalue weighted by Gasteiger charge is -2.13. The van der Waals surface area contributed by atoms with Crippen LogP contribution in [0.5, 0.6) is 0 Å². The molecular weight excluding hydrogens is 364 g/mol. The Bertz CT molecular complexity index is 744. The van der Waals surface area contributed by atoms with Crippen molar-refractivity contribution in [3.05, 3.63) is 29.8 Å². The predicted octanol–water partition coefficient (Wildman–Crippen LogP) is 0.209. The van der Waals surface area contributed by atoms with Crippen LogP contribution >= 0.6 is 0 Å². The van der Waals surface area contributed by atoms with Crippen LogP contribution < -0.4 is 10.0 Å². The zero-order chi connectivity index (χ0) is 19.7. The van der Waals surface area contributed by atoms with Gasteiger partial charge in [-0.1, -0.05) is 0 Å². The van der Waals surface area contributed by atoms with E-state index in [9.17, 15) is 22.8 Å². The maximum atomic E-state index is 12.2. The van der Waals surface area contributed by atoms with E-state index in [1.165, 1.54) is 31.2 Å². The summed E-state index contributed by atoms with van der Waals surface area (Å²) in [5.74, 6) is -1.93. The van der Waals surface area contributed by atoms with Gasteiger partial charge in [0.1, 0.15) is 6.54 Å². The molecule has 1 aromatic carbocycles. The summed E-state index contributed by atoms with van der Waals surface area (Å²) in [6.45, 7) is 4.71. The van der Waals surface area contributed by atoms with Crippen LogP contribution in [0.3, 0.4) is 0 Å². The third-order valence-electron chi connectivity index (χ3n) is 3.11. The maximum absolute atomic E-state index is 12.2. The Kier molecular flexibility index (Phi) is 8.20. The fraction of sp³-hybridized carbons (Fsp3) is 0.438. The fourth-order valence-corrected chi connectivity index (χ4v) is 2.80. The van der Waals surface area contributed by atoms with Gasteiger partial charge in [-0.15, -0.1) is 0 Å². The van der Waals surface area contributed by atoms with Crippen LogP contribution in [-0.4, -0.2) is 52.1 Å². The first-order valence-electron chi connectivity index (χ1n) is 7.95. The van der Waals surface area contributed by atoms with Gasteiger partial charge in [-0.3, -0.25) is 9.59 Å². The average Bonchev–Trinajstić information content (AvgIpc) is 2.60. The van der Waals surface area contributed by atoms with Crippen molar-refractivity contribution in [1.29, 1.82) is 0 Å². The van der Waals surface area contributed by atoms with E-state index in [-0.39, 0.29) is 17.1 Å². The van der Waals surface area contributed by atoms with E-state index in [0.717, 1.165) is 0 Å². The zero-order valence-electron chi connectivity index (χ0n) is 14.8. The molecule has 0 fully saturated rings. The van der Waals surface area contributed by atoms with Gasteiger partial charge in [0.15, 0.2) is 6.10 Å². The van der Waals surface area contributed by atoms with Gasteiger partial charge in [0.2, 0.25) is 10.0 Å². The van der Waals surface area contributed by atoms with Crippen LogP contribution in [-0.2, 0) is 29.1 Å². The van der Waals surface area contributed by atoms with E-state index >= 15 is 0 Å². The molecule has 1 aromatic rings. The summed E-state index contributed by atoms with van der Waals surface area (Å²) in [6.07, 6.45) is -1.03. The Morgan fingerprint density at radius 1 is 1.12 bits per heavy atom. The largest absolute Gasteiger partial charge is 0.462 e. The summed E-state index contributed by atoms with van der Waals surface area (Å²) in [5.41, 5.74) is 0.209. The predicted molar refractivity (Wildman–Crippen MR) is 91.8 cm³/mol. The molecule has 1 amide bonds. The summed E-state index contributed by atoms with van der Waals surface area (Å²) in [4.78, 5) is 34.5. The highest BCUT2D eigenvalue weighted by molar-refractivity contribution is 7.89. The SMILES string of the molecule is CCNC(=O)[C@@H](C)OC(=O)CNS(=O)(=O)c1ccc(C(=O)OCC)cc1. The number of carbonyl (C=O) groups excluding carboxylic acids is 3. The number of likely N-dealkylation sites (N-methyl/N-ethyl adjacent to an activating group) is 1. The highest BCUT2D eigenvalue weighted by Gasteiger charge is 2.20. The van der Waals surface area contributed by atoms with Crippen molar-refractivity contribution in [2.75, 3.05) is 19.7 Å². The maximum Gasteiger partial charge on any atom is 0.338 e. The van der Waals surface area contributed by atoms with Crippen LogP contribution in [0, 0.1) is 0 Å². The second-order valence-electron chi connectivity index (χ2n) is 5.10. The molecule has 144 valence electrons. The van der Waals surface area contributed by atoms with Gasteiger partial charge in [0.25, 0.3) is 5.91 Å². The number of amides is 1. The third-order valence-corrected chi connectivity index (χ3v) is 4.53. The molecular formula is C16H22N2O7S. The smallest absolute Gasteiger partial charge is 0.338 e. The van der Waals surface area contributed by atoms with Crippen molar-refractivity contribution in [1.82, 2.24) is 10.0 Å².